The largest absolute Gasteiger partial charge is 0.465 e. The molecule has 1 saturated heterocycles. The van der Waals surface area contributed by atoms with Crippen molar-refractivity contribution in [1.29, 1.82) is 0 Å². The fourth-order valence-electron chi connectivity index (χ4n) is 2.52. The van der Waals surface area contributed by atoms with Gasteiger partial charge in [0, 0.05) is 12.6 Å². The molecule has 0 amide bonds. The second-order valence-electron chi connectivity index (χ2n) is 5.35. The third-order valence-electron chi connectivity index (χ3n) is 3.78. The monoisotopic (exact) mass is 295 g/mol. The Hall–Kier alpha value is -1.76. The summed E-state index contributed by atoms with van der Waals surface area (Å²) in [6.45, 7) is 4.75. The van der Waals surface area contributed by atoms with Gasteiger partial charge in [-0.25, -0.2) is 9.48 Å². The van der Waals surface area contributed by atoms with Crippen molar-refractivity contribution in [2.45, 2.75) is 45.2 Å². The van der Waals surface area contributed by atoms with Crippen molar-refractivity contribution in [2.75, 3.05) is 31.2 Å². The molecule has 0 bridgehead atoms. The second kappa shape index (κ2) is 7.31. The number of ether oxygens (including phenoxy) is 1. The highest BCUT2D eigenvalue weighted by molar-refractivity contribution is 5.99. The molecule has 1 fully saturated rings. The summed E-state index contributed by atoms with van der Waals surface area (Å²) in [4.78, 5) is 12.0. The lowest BCUT2D eigenvalue weighted by molar-refractivity contribution is 0.0603. The second-order valence-corrected chi connectivity index (χ2v) is 5.35. The first-order valence-electron chi connectivity index (χ1n) is 7.59. The molecule has 0 saturated carbocycles. The molecule has 2 heterocycles. The average molecular weight is 295 g/mol. The summed E-state index contributed by atoms with van der Waals surface area (Å²) in [5, 5.41) is 11.1. The lowest BCUT2D eigenvalue weighted by atomic mass is 10.1. The minimum Gasteiger partial charge on any atom is -0.465 e. The number of piperidine rings is 1. The fraction of sp³-hybridized carbons (Fsp3) is 0.714. The predicted octanol–water partition coefficient (Wildman–Crippen LogP) is 1.22. The highest BCUT2D eigenvalue weighted by Crippen LogP contribution is 2.25. The van der Waals surface area contributed by atoms with Crippen LogP contribution in [-0.2, 0) is 11.3 Å². The number of nitrogens with one attached hydrogen (secondary N) is 2. The summed E-state index contributed by atoms with van der Waals surface area (Å²) in [7, 11) is 1.36. The Balaban J connectivity index is 2.21. The topological polar surface area (TPSA) is 94.2 Å². The number of esters is 1. The fourth-order valence-corrected chi connectivity index (χ4v) is 2.52. The maximum absolute atomic E-state index is 12.0. The van der Waals surface area contributed by atoms with E-state index in [1.54, 1.807) is 4.68 Å². The number of aryl methyl sites for hydroxylation is 1. The number of hydrogen-bond acceptors (Lipinski definition) is 6. The molecular formula is C14H25N5O2. The number of methoxy groups -OCH3 is 1. The molecule has 7 heteroatoms. The Morgan fingerprint density at radius 1 is 1.52 bits per heavy atom. The van der Waals surface area contributed by atoms with E-state index in [9.17, 15) is 4.79 Å². The number of nitrogens with zero attached hydrogens (tertiary/aromatic N) is 2. The van der Waals surface area contributed by atoms with Gasteiger partial charge in [-0.05, 0) is 32.4 Å². The van der Waals surface area contributed by atoms with Crippen molar-refractivity contribution >= 4 is 17.6 Å². The number of unbranched alkanes of at least 4 members (excludes halogenated alkanes) is 1. The highest BCUT2D eigenvalue weighted by atomic mass is 16.5. The SMILES string of the molecule is CCCCn1nc(NC2CCNCC2)c(C(=O)OC)c1N. The molecule has 7 nitrogen and oxygen atoms in total. The minimum absolute atomic E-state index is 0.309. The maximum atomic E-state index is 12.0. The van der Waals surface area contributed by atoms with E-state index in [0.717, 1.165) is 38.8 Å². The summed E-state index contributed by atoms with van der Waals surface area (Å²) in [5.74, 6) is 0.487. The zero-order valence-corrected chi connectivity index (χ0v) is 12.8. The van der Waals surface area contributed by atoms with Crippen molar-refractivity contribution < 1.29 is 9.53 Å². The minimum atomic E-state index is -0.438. The number of aromatic nitrogens is 2. The van der Waals surface area contributed by atoms with Crippen LogP contribution in [0.15, 0.2) is 0 Å². The maximum Gasteiger partial charge on any atom is 0.345 e. The van der Waals surface area contributed by atoms with Crippen molar-refractivity contribution in [3.63, 3.8) is 0 Å². The van der Waals surface area contributed by atoms with Crippen molar-refractivity contribution in [2.24, 2.45) is 0 Å². The molecule has 4 N–H and O–H groups in total. The summed E-state index contributed by atoms with van der Waals surface area (Å²) in [6.07, 6.45) is 4.02. The van der Waals surface area contributed by atoms with Gasteiger partial charge in [0.15, 0.2) is 5.82 Å². The summed E-state index contributed by atoms with van der Waals surface area (Å²) in [6, 6.07) is 0.309. The molecule has 0 aromatic carbocycles. The molecule has 0 unspecified atom stereocenters. The van der Waals surface area contributed by atoms with Crippen LogP contribution in [0.25, 0.3) is 0 Å². The van der Waals surface area contributed by atoms with E-state index >= 15 is 0 Å². The van der Waals surface area contributed by atoms with Gasteiger partial charge in [-0.3, -0.25) is 0 Å². The Labute approximate surface area is 125 Å². The van der Waals surface area contributed by atoms with E-state index in [0.29, 0.717) is 29.8 Å². The number of anilines is 2. The van der Waals surface area contributed by atoms with Crippen LogP contribution in [-0.4, -0.2) is 42.0 Å². The zero-order chi connectivity index (χ0) is 15.2. The summed E-state index contributed by atoms with van der Waals surface area (Å²) < 4.78 is 6.53. The smallest absolute Gasteiger partial charge is 0.345 e. The molecule has 1 aliphatic rings. The Morgan fingerprint density at radius 3 is 2.86 bits per heavy atom. The molecule has 0 radical (unpaired) electrons. The molecule has 2 rings (SSSR count). The lowest BCUT2D eigenvalue weighted by Gasteiger charge is -2.23. The quantitative estimate of drug-likeness (QED) is 0.683. The Kier molecular flexibility index (Phi) is 5.44. The predicted molar refractivity (Wildman–Crippen MR) is 82.4 cm³/mol. The van der Waals surface area contributed by atoms with Gasteiger partial charge in [0.2, 0.25) is 0 Å². The van der Waals surface area contributed by atoms with Gasteiger partial charge in [-0.15, -0.1) is 0 Å². The first-order valence-corrected chi connectivity index (χ1v) is 7.59. The molecule has 0 spiro atoms. The van der Waals surface area contributed by atoms with E-state index in [-0.39, 0.29) is 0 Å². The van der Waals surface area contributed by atoms with Crippen LogP contribution in [0.2, 0.25) is 0 Å². The van der Waals surface area contributed by atoms with Crippen LogP contribution in [0, 0.1) is 0 Å². The molecule has 118 valence electrons. The number of carbonyl (C=O) groups excluding carboxylic acids is 1. The van der Waals surface area contributed by atoms with Crippen LogP contribution >= 0.6 is 0 Å². The van der Waals surface area contributed by atoms with Crippen LogP contribution in [0.1, 0.15) is 43.0 Å². The Morgan fingerprint density at radius 2 is 2.24 bits per heavy atom. The van der Waals surface area contributed by atoms with Crippen LogP contribution in [0.4, 0.5) is 11.6 Å². The number of hydrogen-bond donors (Lipinski definition) is 3. The molecule has 1 aliphatic heterocycles. The van der Waals surface area contributed by atoms with E-state index in [1.165, 1.54) is 7.11 Å². The zero-order valence-electron chi connectivity index (χ0n) is 12.8. The van der Waals surface area contributed by atoms with Crippen LogP contribution < -0.4 is 16.4 Å². The third kappa shape index (κ3) is 3.66. The number of rotatable bonds is 6. The number of nitrogens with two attached hydrogens (primary N) is 1. The van der Waals surface area contributed by atoms with Crippen molar-refractivity contribution in [3.8, 4) is 0 Å². The normalized spacial score (nSPS) is 15.9. The third-order valence-corrected chi connectivity index (χ3v) is 3.78. The van der Waals surface area contributed by atoms with Gasteiger partial charge in [0.25, 0.3) is 0 Å². The summed E-state index contributed by atoms with van der Waals surface area (Å²) in [5.41, 5.74) is 6.43. The Bertz CT molecular complexity index is 480. The molecular weight excluding hydrogens is 270 g/mol. The van der Waals surface area contributed by atoms with Crippen LogP contribution in [0.3, 0.4) is 0 Å². The van der Waals surface area contributed by atoms with Crippen LogP contribution in [0.5, 0.6) is 0 Å². The molecule has 0 aliphatic carbocycles. The van der Waals surface area contributed by atoms with Gasteiger partial charge < -0.3 is 21.1 Å². The number of nitrogen functional groups attached to an aromatic ring is 1. The molecule has 21 heavy (non-hydrogen) atoms. The number of carbonyl (C=O) groups is 1. The molecule has 1 aromatic rings. The van der Waals surface area contributed by atoms with E-state index < -0.39 is 5.97 Å². The van der Waals surface area contributed by atoms with Crippen molar-refractivity contribution in [3.05, 3.63) is 5.56 Å². The van der Waals surface area contributed by atoms with Gasteiger partial charge in [0.05, 0.1) is 7.11 Å². The lowest BCUT2D eigenvalue weighted by Crippen LogP contribution is -2.35. The summed E-state index contributed by atoms with van der Waals surface area (Å²) >= 11 is 0. The van der Waals surface area contributed by atoms with E-state index in [2.05, 4.69) is 22.7 Å². The van der Waals surface area contributed by atoms with E-state index in [1.807, 2.05) is 0 Å². The van der Waals surface area contributed by atoms with Gasteiger partial charge in [-0.2, -0.15) is 5.10 Å². The molecule has 1 aromatic heterocycles. The first-order chi connectivity index (χ1) is 10.2. The molecule has 0 atom stereocenters. The van der Waals surface area contributed by atoms with Crippen molar-refractivity contribution in [1.82, 2.24) is 15.1 Å². The van der Waals surface area contributed by atoms with Gasteiger partial charge >= 0.3 is 5.97 Å². The van der Waals surface area contributed by atoms with E-state index in [4.69, 9.17) is 10.5 Å². The standard InChI is InChI=1S/C14H25N5O2/c1-3-4-9-19-12(15)11(14(20)21-2)13(18-19)17-10-5-7-16-8-6-10/h10,16H,3-9,15H2,1-2H3,(H,17,18). The first kappa shape index (κ1) is 15.6. The highest BCUT2D eigenvalue weighted by Gasteiger charge is 2.25. The van der Waals surface area contributed by atoms with Gasteiger partial charge in [0.1, 0.15) is 11.4 Å². The van der Waals surface area contributed by atoms with Gasteiger partial charge in [-0.1, -0.05) is 13.3 Å². The average Bonchev–Trinajstić information content (AvgIpc) is 2.81.